The molecule has 0 spiro atoms. The van der Waals surface area contributed by atoms with E-state index in [9.17, 15) is 4.79 Å². The van der Waals surface area contributed by atoms with Crippen molar-refractivity contribution in [2.24, 2.45) is 0 Å². The summed E-state index contributed by atoms with van der Waals surface area (Å²) >= 11 is 5.90. The van der Waals surface area contributed by atoms with Gasteiger partial charge in [-0.2, -0.15) is 5.10 Å². The number of amides is 1. The van der Waals surface area contributed by atoms with Gasteiger partial charge in [-0.15, -0.1) is 0 Å². The molecule has 1 aromatic heterocycles. The smallest absolute Gasteiger partial charge is 0.269 e. The number of ether oxygens (including phenoxy) is 2. The number of methoxy groups -OCH3 is 2. The highest BCUT2D eigenvalue weighted by Crippen LogP contribution is 2.30. The number of hydrogen-bond acceptors (Lipinski definition) is 4. The maximum absolute atomic E-state index is 12.5. The van der Waals surface area contributed by atoms with Gasteiger partial charge >= 0.3 is 0 Å². The van der Waals surface area contributed by atoms with Crippen molar-refractivity contribution in [3.8, 4) is 22.8 Å². The molecule has 0 bridgehead atoms. The molecule has 27 heavy (non-hydrogen) atoms. The molecule has 7 heteroatoms. The summed E-state index contributed by atoms with van der Waals surface area (Å²) in [4.78, 5) is 12.5. The number of nitrogens with one attached hydrogen (secondary N) is 2. The highest BCUT2D eigenvalue weighted by atomic mass is 35.5. The van der Waals surface area contributed by atoms with E-state index in [2.05, 4.69) is 15.5 Å². The molecule has 2 N–H and O–H groups in total. The Bertz CT molecular complexity index is 938. The van der Waals surface area contributed by atoms with Gasteiger partial charge in [0.2, 0.25) is 0 Å². The number of benzene rings is 2. The van der Waals surface area contributed by atoms with E-state index >= 15 is 0 Å². The summed E-state index contributed by atoms with van der Waals surface area (Å²) in [5, 5.41) is 10.6. The normalized spacial score (nSPS) is 11.7. The van der Waals surface area contributed by atoms with E-state index in [1.807, 2.05) is 37.3 Å². The molecular formula is C20H20ClN3O3. The second kappa shape index (κ2) is 8.14. The third-order valence-electron chi connectivity index (χ3n) is 4.22. The predicted octanol–water partition coefficient (Wildman–Crippen LogP) is 4.24. The molecule has 0 saturated carbocycles. The minimum atomic E-state index is -0.245. The second-order valence-corrected chi connectivity index (χ2v) is 6.42. The summed E-state index contributed by atoms with van der Waals surface area (Å²) < 4.78 is 10.6. The van der Waals surface area contributed by atoms with Gasteiger partial charge < -0.3 is 14.8 Å². The Morgan fingerprint density at radius 3 is 2.44 bits per heavy atom. The van der Waals surface area contributed by atoms with Crippen LogP contribution in [0.5, 0.6) is 11.5 Å². The molecule has 0 aliphatic heterocycles. The van der Waals surface area contributed by atoms with Gasteiger partial charge in [0, 0.05) is 10.6 Å². The third-order valence-corrected chi connectivity index (χ3v) is 4.47. The van der Waals surface area contributed by atoms with Gasteiger partial charge in [0.1, 0.15) is 5.69 Å². The van der Waals surface area contributed by atoms with Crippen LogP contribution in [0.2, 0.25) is 5.02 Å². The minimum Gasteiger partial charge on any atom is -0.493 e. The molecule has 3 aromatic rings. The number of rotatable bonds is 6. The van der Waals surface area contributed by atoms with E-state index in [1.165, 1.54) is 0 Å². The van der Waals surface area contributed by atoms with Crippen LogP contribution in [0.3, 0.4) is 0 Å². The van der Waals surface area contributed by atoms with E-state index in [0.717, 1.165) is 11.1 Å². The fourth-order valence-corrected chi connectivity index (χ4v) is 2.81. The van der Waals surface area contributed by atoms with Crippen molar-refractivity contribution in [1.29, 1.82) is 0 Å². The maximum Gasteiger partial charge on any atom is 0.269 e. The molecule has 0 aliphatic carbocycles. The molecule has 6 nitrogen and oxygen atoms in total. The Morgan fingerprint density at radius 1 is 1.07 bits per heavy atom. The van der Waals surface area contributed by atoms with Crippen LogP contribution in [0.25, 0.3) is 11.3 Å². The first kappa shape index (κ1) is 18.8. The number of carbonyl (C=O) groups excluding carboxylic acids is 1. The van der Waals surface area contributed by atoms with Crippen molar-refractivity contribution < 1.29 is 14.3 Å². The van der Waals surface area contributed by atoms with Gasteiger partial charge in [0.25, 0.3) is 5.91 Å². The standard InChI is InChI=1S/C20H20ClN3O3/c1-12(14-6-9-18(26-2)19(10-14)27-3)22-20(25)17-11-16(23-24-17)13-4-7-15(21)8-5-13/h4-12H,1-3H3,(H,22,25)(H,23,24)/t12-/m0/s1. The number of carbonyl (C=O) groups is 1. The van der Waals surface area contributed by atoms with Crippen molar-refractivity contribution in [1.82, 2.24) is 15.5 Å². The summed E-state index contributed by atoms with van der Waals surface area (Å²) in [6, 6.07) is 14.3. The largest absolute Gasteiger partial charge is 0.493 e. The number of aromatic amines is 1. The van der Waals surface area contributed by atoms with Crippen LogP contribution in [0.4, 0.5) is 0 Å². The van der Waals surface area contributed by atoms with Crippen LogP contribution < -0.4 is 14.8 Å². The first-order valence-electron chi connectivity index (χ1n) is 8.36. The fraction of sp³-hybridized carbons (Fsp3) is 0.200. The maximum atomic E-state index is 12.5. The molecule has 0 saturated heterocycles. The van der Waals surface area contributed by atoms with Gasteiger partial charge in [-0.05, 0) is 42.8 Å². The molecule has 1 atom stereocenters. The average Bonchev–Trinajstić information content (AvgIpc) is 3.18. The Morgan fingerprint density at radius 2 is 1.78 bits per heavy atom. The summed E-state index contributed by atoms with van der Waals surface area (Å²) in [7, 11) is 3.16. The lowest BCUT2D eigenvalue weighted by atomic mass is 10.1. The quantitative estimate of drug-likeness (QED) is 0.665. The SMILES string of the molecule is COc1ccc([C@H](C)NC(=O)c2cc(-c3ccc(Cl)cc3)n[nH]2)cc1OC. The lowest BCUT2D eigenvalue weighted by Crippen LogP contribution is -2.27. The summed E-state index contributed by atoms with van der Waals surface area (Å²) in [6.07, 6.45) is 0. The number of nitrogens with zero attached hydrogens (tertiary/aromatic N) is 1. The lowest BCUT2D eigenvalue weighted by molar-refractivity contribution is 0.0934. The summed E-state index contributed by atoms with van der Waals surface area (Å²) in [6.45, 7) is 1.90. The molecule has 1 heterocycles. The highest BCUT2D eigenvalue weighted by molar-refractivity contribution is 6.30. The molecule has 0 fully saturated rings. The molecule has 0 unspecified atom stereocenters. The van der Waals surface area contributed by atoms with Crippen molar-refractivity contribution in [2.75, 3.05) is 14.2 Å². The third kappa shape index (κ3) is 4.23. The summed E-state index contributed by atoms with van der Waals surface area (Å²) in [5.74, 6) is 1.01. The molecule has 0 aliphatic rings. The van der Waals surface area contributed by atoms with Crippen molar-refractivity contribution in [2.45, 2.75) is 13.0 Å². The van der Waals surface area contributed by atoms with Crippen LogP contribution in [-0.2, 0) is 0 Å². The van der Waals surface area contributed by atoms with E-state index in [4.69, 9.17) is 21.1 Å². The minimum absolute atomic E-state index is 0.223. The molecule has 3 rings (SSSR count). The van der Waals surface area contributed by atoms with Crippen LogP contribution in [0.15, 0.2) is 48.5 Å². The van der Waals surface area contributed by atoms with E-state index in [1.54, 1.807) is 32.4 Å². The fourth-order valence-electron chi connectivity index (χ4n) is 2.69. The zero-order chi connectivity index (χ0) is 19.4. The molecule has 140 valence electrons. The van der Waals surface area contributed by atoms with Crippen molar-refractivity contribution >= 4 is 17.5 Å². The first-order valence-corrected chi connectivity index (χ1v) is 8.73. The van der Waals surface area contributed by atoms with Crippen LogP contribution in [-0.4, -0.2) is 30.3 Å². The van der Waals surface area contributed by atoms with Gasteiger partial charge in [-0.25, -0.2) is 0 Å². The molecule has 1 amide bonds. The van der Waals surface area contributed by atoms with Crippen LogP contribution >= 0.6 is 11.6 Å². The number of halogens is 1. The van der Waals surface area contributed by atoms with Gasteiger partial charge in [-0.1, -0.05) is 29.8 Å². The van der Waals surface area contributed by atoms with Crippen molar-refractivity contribution in [3.05, 3.63) is 64.8 Å². The van der Waals surface area contributed by atoms with Gasteiger partial charge in [0.15, 0.2) is 11.5 Å². The Balaban J connectivity index is 1.73. The summed E-state index contributed by atoms with van der Waals surface area (Å²) in [5.41, 5.74) is 2.84. The topological polar surface area (TPSA) is 76.2 Å². The second-order valence-electron chi connectivity index (χ2n) is 5.98. The molecule has 0 radical (unpaired) electrons. The number of H-pyrrole nitrogens is 1. The number of aromatic nitrogens is 2. The Hall–Kier alpha value is -2.99. The molecular weight excluding hydrogens is 366 g/mol. The van der Waals surface area contributed by atoms with E-state index < -0.39 is 0 Å². The number of hydrogen-bond donors (Lipinski definition) is 2. The predicted molar refractivity (Wildman–Crippen MR) is 104 cm³/mol. The van der Waals surface area contributed by atoms with Crippen molar-refractivity contribution in [3.63, 3.8) is 0 Å². The van der Waals surface area contributed by atoms with Gasteiger partial charge in [-0.3, -0.25) is 9.89 Å². The lowest BCUT2D eigenvalue weighted by Gasteiger charge is -2.16. The van der Waals surface area contributed by atoms with Crippen LogP contribution in [0, 0.1) is 0 Å². The highest BCUT2D eigenvalue weighted by Gasteiger charge is 2.16. The Labute approximate surface area is 162 Å². The van der Waals surface area contributed by atoms with E-state index in [0.29, 0.717) is 27.9 Å². The first-order chi connectivity index (χ1) is 13.0. The monoisotopic (exact) mass is 385 g/mol. The molecule has 2 aromatic carbocycles. The Kier molecular flexibility index (Phi) is 5.66. The average molecular weight is 386 g/mol. The zero-order valence-corrected chi connectivity index (χ0v) is 16.0. The van der Waals surface area contributed by atoms with Crippen LogP contribution in [0.1, 0.15) is 29.0 Å². The van der Waals surface area contributed by atoms with Gasteiger partial charge in [0.05, 0.1) is 26.0 Å². The van der Waals surface area contributed by atoms with E-state index in [-0.39, 0.29) is 11.9 Å². The zero-order valence-electron chi connectivity index (χ0n) is 15.2.